The summed E-state index contributed by atoms with van der Waals surface area (Å²) >= 11 is 0. The third kappa shape index (κ3) is 3.69. The number of benzene rings is 3. The Morgan fingerprint density at radius 2 is 1.59 bits per heavy atom. The molecule has 0 spiro atoms. The molecule has 0 fully saturated rings. The number of carbonyl (C=O) groups is 2. The van der Waals surface area contributed by atoms with Gasteiger partial charge in [0.2, 0.25) is 0 Å². The Hall–Kier alpha value is -4.12. The molecule has 1 aliphatic heterocycles. The number of nitrogens with one attached hydrogen (secondary N) is 1. The van der Waals surface area contributed by atoms with Crippen LogP contribution in [0.3, 0.4) is 0 Å². The van der Waals surface area contributed by atoms with Gasteiger partial charge in [0.25, 0.3) is 0 Å². The molecule has 3 aromatic carbocycles. The molecular weight excluding hydrogens is 426 g/mol. The lowest BCUT2D eigenvalue weighted by Crippen LogP contribution is -2.29. The van der Waals surface area contributed by atoms with E-state index in [1.165, 1.54) is 0 Å². The second kappa shape index (κ2) is 9.02. The van der Waals surface area contributed by atoms with E-state index in [1.807, 2.05) is 85.8 Å². The molecule has 0 aromatic heterocycles. The van der Waals surface area contributed by atoms with Gasteiger partial charge in [0, 0.05) is 28.0 Å². The van der Waals surface area contributed by atoms with Gasteiger partial charge in [-0.15, -0.1) is 0 Å². The van der Waals surface area contributed by atoms with Crippen molar-refractivity contribution in [3.8, 4) is 5.75 Å². The molecule has 5 rings (SSSR count). The standard InChI is InChI=1S/C29H25NO4/c1-3-33-29(32)24-18(2)30-27-20-13-7-8-14-21(20)28(31)26(27)25(24)22-15-9-10-16-23(22)34-17-19-11-5-4-6-12-19/h4-16,25,30H,3,17H2,1-2H3. The molecule has 1 aliphatic carbocycles. The monoisotopic (exact) mass is 451 g/mol. The molecule has 0 saturated carbocycles. The van der Waals surface area contributed by atoms with Crippen LogP contribution in [0.4, 0.5) is 0 Å². The number of allylic oxidation sites excluding steroid dienone is 2. The molecule has 1 heterocycles. The lowest BCUT2D eigenvalue weighted by atomic mass is 9.79. The predicted octanol–water partition coefficient (Wildman–Crippen LogP) is 5.40. The smallest absolute Gasteiger partial charge is 0.336 e. The number of ether oxygens (including phenoxy) is 2. The van der Waals surface area contributed by atoms with Crippen LogP contribution in [0.1, 0.15) is 46.8 Å². The molecule has 3 aromatic rings. The number of ketones is 1. The van der Waals surface area contributed by atoms with Crippen molar-refractivity contribution < 1.29 is 19.1 Å². The van der Waals surface area contributed by atoms with E-state index in [4.69, 9.17) is 9.47 Å². The van der Waals surface area contributed by atoms with Gasteiger partial charge in [-0.25, -0.2) is 4.79 Å². The van der Waals surface area contributed by atoms with Crippen LogP contribution in [0.25, 0.3) is 5.70 Å². The van der Waals surface area contributed by atoms with Crippen LogP contribution >= 0.6 is 0 Å². The summed E-state index contributed by atoms with van der Waals surface area (Å²) in [4.78, 5) is 26.8. The molecule has 0 saturated heterocycles. The van der Waals surface area contributed by atoms with Crippen molar-refractivity contribution in [1.29, 1.82) is 0 Å². The fourth-order valence-corrected chi connectivity index (χ4v) is 4.71. The molecule has 1 N–H and O–H groups in total. The maximum Gasteiger partial charge on any atom is 0.336 e. The number of carbonyl (C=O) groups excluding carboxylic acids is 2. The zero-order valence-corrected chi connectivity index (χ0v) is 19.1. The van der Waals surface area contributed by atoms with Crippen molar-refractivity contribution in [1.82, 2.24) is 5.32 Å². The fraction of sp³-hybridized carbons (Fsp3) is 0.172. The van der Waals surface area contributed by atoms with Crippen molar-refractivity contribution in [2.45, 2.75) is 26.4 Å². The van der Waals surface area contributed by atoms with E-state index in [0.29, 0.717) is 34.8 Å². The molecule has 1 atom stereocenters. The lowest BCUT2D eigenvalue weighted by Gasteiger charge is -2.30. The number of fused-ring (bicyclic) bond motifs is 2. The highest BCUT2D eigenvalue weighted by Crippen LogP contribution is 2.48. The van der Waals surface area contributed by atoms with E-state index in [-0.39, 0.29) is 12.4 Å². The highest BCUT2D eigenvalue weighted by atomic mass is 16.5. The second-order valence-corrected chi connectivity index (χ2v) is 8.29. The summed E-state index contributed by atoms with van der Waals surface area (Å²) in [6.07, 6.45) is 0. The average molecular weight is 452 g/mol. The third-order valence-corrected chi connectivity index (χ3v) is 6.21. The van der Waals surface area contributed by atoms with Crippen LogP contribution in [0.2, 0.25) is 0 Å². The predicted molar refractivity (Wildman–Crippen MR) is 130 cm³/mol. The number of esters is 1. The minimum absolute atomic E-state index is 0.0877. The first-order valence-corrected chi connectivity index (χ1v) is 11.4. The molecule has 1 unspecified atom stereocenters. The molecule has 2 aliphatic rings. The first-order chi connectivity index (χ1) is 16.6. The molecular formula is C29H25NO4. The summed E-state index contributed by atoms with van der Waals surface area (Å²) < 4.78 is 11.7. The topological polar surface area (TPSA) is 64.6 Å². The number of para-hydroxylation sites is 1. The molecule has 170 valence electrons. The van der Waals surface area contributed by atoms with Gasteiger partial charge in [-0.3, -0.25) is 4.79 Å². The van der Waals surface area contributed by atoms with Crippen molar-refractivity contribution in [2.24, 2.45) is 0 Å². The zero-order valence-electron chi connectivity index (χ0n) is 19.1. The summed E-state index contributed by atoms with van der Waals surface area (Å²) in [5.41, 5.74) is 5.66. The molecule has 0 radical (unpaired) electrons. The molecule has 5 nitrogen and oxygen atoms in total. The van der Waals surface area contributed by atoms with Crippen molar-refractivity contribution >= 4 is 17.4 Å². The highest BCUT2D eigenvalue weighted by molar-refractivity contribution is 6.23. The summed E-state index contributed by atoms with van der Waals surface area (Å²) in [5, 5.41) is 3.33. The number of hydrogen-bond acceptors (Lipinski definition) is 5. The van der Waals surface area contributed by atoms with Crippen molar-refractivity contribution in [3.05, 3.63) is 118 Å². The second-order valence-electron chi connectivity index (χ2n) is 8.29. The number of dihydropyridines is 1. The summed E-state index contributed by atoms with van der Waals surface area (Å²) in [6, 6.07) is 25.0. The van der Waals surface area contributed by atoms with Crippen molar-refractivity contribution in [2.75, 3.05) is 6.61 Å². The van der Waals surface area contributed by atoms with Gasteiger partial charge in [0.1, 0.15) is 12.4 Å². The highest BCUT2D eigenvalue weighted by Gasteiger charge is 2.43. The minimum Gasteiger partial charge on any atom is -0.489 e. The molecule has 5 heteroatoms. The average Bonchev–Trinajstić information content (AvgIpc) is 3.14. The number of rotatable bonds is 6. The maximum absolute atomic E-state index is 13.6. The van der Waals surface area contributed by atoms with Gasteiger partial charge in [0.05, 0.1) is 23.8 Å². The number of Topliss-reactive ketones (excluding diaryl/α,β-unsaturated/α-hetero) is 1. The summed E-state index contributed by atoms with van der Waals surface area (Å²) in [5.74, 6) is -0.508. The SMILES string of the molecule is CCOC(=O)C1=C(C)NC2=C(C(=O)c3ccccc32)C1c1ccccc1OCc1ccccc1. The maximum atomic E-state index is 13.6. The van der Waals surface area contributed by atoms with Crippen LogP contribution in [0, 0.1) is 0 Å². The summed E-state index contributed by atoms with van der Waals surface area (Å²) in [7, 11) is 0. The largest absolute Gasteiger partial charge is 0.489 e. The van der Waals surface area contributed by atoms with E-state index in [0.717, 1.165) is 22.4 Å². The van der Waals surface area contributed by atoms with Gasteiger partial charge in [0.15, 0.2) is 5.78 Å². The van der Waals surface area contributed by atoms with E-state index in [9.17, 15) is 9.59 Å². The van der Waals surface area contributed by atoms with Gasteiger partial charge >= 0.3 is 5.97 Å². The first-order valence-electron chi connectivity index (χ1n) is 11.4. The van der Waals surface area contributed by atoms with Gasteiger partial charge in [-0.2, -0.15) is 0 Å². The van der Waals surface area contributed by atoms with Crippen LogP contribution in [0.15, 0.2) is 95.7 Å². The molecule has 0 amide bonds. The quantitative estimate of drug-likeness (QED) is 0.509. The lowest BCUT2D eigenvalue weighted by molar-refractivity contribution is -0.138. The van der Waals surface area contributed by atoms with Crippen molar-refractivity contribution in [3.63, 3.8) is 0 Å². The van der Waals surface area contributed by atoms with Crippen LogP contribution in [-0.2, 0) is 16.1 Å². The Morgan fingerprint density at radius 1 is 0.912 bits per heavy atom. The van der Waals surface area contributed by atoms with Crippen LogP contribution in [0.5, 0.6) is 5.75 Å². The zero-order chi connectivity index (χ0) is 23.7. The normalized spacial score (nSPS) is 16.6. The van der Waals surface area contributed by atoms with Gasteiger partial charge < -0.3 is 14.8 Å². The van der Waals surface area contributed by atoms with E-state index in [1.54, 1.807) is 6.92 Å². The fourth-order valence-electron chi connectivity index (χ4n) is 4.71. The van der Waals surface area contributed by atoms with Gasteiger partial charge in [-0.05, 0) is 25.5 Å². The van der Waals surface area contributed by atoms with E-state index >= 15 is 0 Å². The third-order valence-electron chi connectivity index (χ3n) is 6.21. The summed E-state index contributed by atoms with van der Waals surface area (Å²) in [6.45, 7) is 4.24. The Morgan fingerprint density at radius 3 is 2.35 bits per heavy atom. The van der Waals surface area contributed by atoms with Gasteiger partial charge in [-0.1, -0.05) is 72.8 Å². The first kappa shape index (κ1) is 21.7. The Kier molecular flexibility index (Phi) is 5.76. The van der Waals surface area contributed by atoms with Crippen LogP contribution in [-0.4, -0.2) is 18.4 Å². The van der Waals surface area contributed by atoms with E-state index < -0.39 is 11.9 Å². The number of hydrogen-bond donors (Lipinski definition) is 1. The molecule has 34 heavy (non-hydrogen) atoms. The Bertz CT molecular complexity index is 1340. The van der Waals surface area contributed by atoms with Crippen LogP contribution < -0.4 is 10.1 Å². The Balaban J connectivity index is 1.63. The molecule has 0 bridgehead atoms. The Labute approximate surface area is 198 Å². The minimum atomic E-state index is -0.609. The van der Waals surface area contributed by atoms with E-state index in [2.05, 4.69) is 5.32 Å².